The van der Waals surface area contributed by atoms with Gasteiger partial charge >= 0.3 is 0 Å². The number of carbonyl (C=O) groups excluding carboxylic acids is 1. The predicted molar refractivity (Wildman–Crippen MR) is 95.8 cm³/mol. The summed E-state index contributed by atoms with van der Waals surface area (Å²) < 4.78 is 1.86. The van der Waals surface area contributed by atoms with Crippen LogP contribution < -0.4 is 0 Å². The van der Waals surface area contributed by atoms with Crippen molar-refractivity contribution in [3.05, 3.63) is 52.0 Å². The number of hydrogen-bond donors (Lipinski definition) is 1. The van der Waals surface area contributed by atoms with E-state index in [0.717, 1.165) is 12.8 Å². The molecule has 7 heteroatoms. The first kappa shape index (κ1) is 16.9. The summed E-state index contributed by atoms with van der Waals surface area (Å²) in [5, 5.41) is 12.0. The zero-order valence-corrected chi connectivity index (χ0v) is 15.3. The molecular formula is C18H19Cl2N3O2. The van der Waals surface area contributed by atoms with Crippen molar-refractivity contribution in [2.45, 2.75) is 43.4 Å². The van der Waals surface area contributed by atoms with Crippen molar-refractivity contribution in [1.29, 1.82) is 0 Å². The molecule has 2 saturated heterocycles. The fourth-order valence-corrected chi connectivity index (χ4v) is 4.63. The maximum absolute atomic E-state index is 13.0. The second-order valence-electron chi connectivity index (χ2n) is 7.03. The Morgan fingerprint density at radius 3 is 2.48 bits per heavy atom. The Morgan fingerprint density at radius 2 is 1.92 bits per heavy atom. The number of aromatic nitrogens is 2. The molecule has 4 rings (SSSR count). The lowest BCUT2D eigenvalue weighted by Gasteiger charge is -2.43. The maximum Gasteiger partial charge on any atom is 0.254 e. The molecule has 1 N–H and O–H groups in total. The predicted octanol–water partition coefficient (Wildman–Crippen LogP) is 3.38. The Kier molecular flexibility index (Phi) is 4.06. The van der Waals surface area contributed by atoms with Gasteiger partial charge in [0.2, 0.25) is 0 Å². The van der Waals surface area contributed by atoms with E-state index < -0.39 is 5.60 Å². The third-order valence-corrected chi connectivity index (χ3v) is 6.14. The maximum atomic E-state index is 13.0. The molecule has 3 heterocycles. The third-order valence-electron chi connectivity index (χ3n) is 5.40. The third kappa shape index (κ3) is 2.75. The first-order valence-corrected chi connectivity index (χ1v) is 9.12. The van der Waals surface area contributed by atoms with Crippen LogP contribution in [0.3, 0.4) is 0 Å². The quantitative estimate of drug-likeness (QED) is 0.869. The zero-order valence-electron chi connectivity index (χ0n) is 13.8. The van der Waals surface area contributed by atoms with E-state index in [0.29, 0.717) is 34.3 Å². The number of imidazole rings is 1. The van der Waals surface area contributed by atoms with Crippen LogP contribution in [0.5, 0.6) is 0 Å². The van der Waals surface area contributed by atoms with Gasteiger partial charge in [0.25, 0.3) is 5.91 Å². The van der Waals surface area contributed by atoms with Crippen molar-refractivity contribution >= 4 is 29.1 Å². The summed E-state index contributed by atoms with van der Waals surface area (Å²) in [6.07, 6.45) is 6.32. The number of benzene rings is 1. The molecule has 1 aromatic carbocycles. The van der Waals surface area contributed by atoms with Crippen molar-refractivity contribution in [2.75, 3.05) is 0 Å². The van der Waals surface area contributed by atoms with E-state index >= 15 is 0 Å². The second-order valence-corrected chi connectivity index (χ2v) is 7.84. The van der Waals surface area contributed by atoms with Crippen LogP contribution in [0.25, 0.3) is 0 Å². The first-order valence-electron chi connectivity index (χ1n) is 8.37. The molecule has 25 heavy (non-hydrogen) atoms. The van der Waals surface area contributed by atoms with Gasteiger partial charge in [0.05, 0.1) is 10.0 Å². The summed E-state index contributed by atoms with van der Waals surface area (Å²) in [5.41, 5.74) is -0.452. The summed E-state index contributed by atoms with van der Waals surface area (Å²) in [6, 6.07) is 4.97. The molecule has 1 amide bonds. The van der Waals surface area contributed by atoms with E-state index in [2.05, 4.69) is 4.98 Å². The van der Waals surface area contributed by atoms with Gasteiger partial charge in [-0.2, -0.15) is 0 Å². The molecule has 2 aliphatic heterocycles. The van der Waals surface area contributed by atoms with Crippen LogP contribution in [0.15, 0.2) is 30.6 Å². The number of fused-ring (bicyclic) bond motifs is 2. The van der Waals surface area contributed by atoms with Crippen molar-refractivity contribution in [3.63, 3.8) is 0 Å². The van der Waals surface area contributed by atoms with Crippen LogP contribution in [0.1, 0.15) is 41.9 Å². The fraction of sp³-hybridized carbons (Fsp3) is 0.444. The van der Waals surface area contributed by atoms with Crippen LogP contribution in [0, 0.1) is 0 Å². The number of halogens is 2. The van der Waals surface area contributed by atoms with Gasteiger partial charge in [-0.3, -0.25) is 4.79 Å². The zero-order chi connectivity index (χ0) is 17.8. The minimum atomic E-state index is -0.988. The number of rotatable bonds is 2. The number of hydrogen-bond acceptors (Lipinski definition) is 3. The molecule has 2 bridgehead atoms. The molecule has 2 aromatic rings. The Labute approximate surface area is 156 Å². The highest BCUT2D eigenvalue weighted by Gasteiger charge is 2.51. The monoisotopic (exact) mass is 379 g/mol. The van der Waals surface area contributed by atoms with Gasteiger partial charge in [0.1, 0.15) is 11.4 Å². The first-order chi connectivity index (χ1) is 11.9. The molecule has 2 aliphatic rings. The van der Waals surface area contributed by atoms with E-state index in [9.17, 15) is 9.90 Å². The van der Waals surface area contributed by atoms with Crippen LogP contribution in [0.2, 0.25) is 10.0 Å². The van der Waals surface area contributed by atoms with E-state index in [1.54, 1.807) is 24.4 Å². The summed E-state index contributed by atoms with van der Waals surface area (Å²) >= 11 is 12.0. The Bertz CT molecular complexity index is 821. The average Bonchev–Trinajstić information content (AvgIpc) is 3.12. The molecule has 2 atom stereocenters. The molecular weight excluding hydrogens is 361 g/mol. The van der Waals surface area contributed by atoms with Crippen LogP contribution in [0.4, 0.5) is 0 Å². The smallest absolute Gasteiger partial charge is 0.254 e. The Hall–Kier alpha value is -1.56. The molecule has 2 fully saturated rings. The van der Waals surface area contributed by atoms with Gasteiger partial charge < -0.3 is 14.6 Å². The Morgan fingerprint density at radius 1 is 1.24 bits per heavy atom. The van der Waals surface area contributed by atoms with Gasteiger partial charge in [-0.1, -0.05) is 23.2 Å². The summed E-state index contributed by atoms with van der Waals surface area (Å²) in [5.74, 6) is 0.624. The largest absolute Gasteiger partial charge is 0.382 e. The van der Waals surface area contributed by atoms with Gasteiger partial charge in [0, 0.05) is 49.9 Å². The minimum Gasteiger partial charge on any atom is -0.382 e. The fourth-order valence-electron chi connectivity index (χ4n) is 4.33. The van der Waals surface area contributed by atoms with Gasteiger partial charge in [-0.15, -0.1) is 0 Å². The topological polar surface area (TPSA) is 58.4 Å². The van der Waals surface area contributed by atoms with Crippen molar-refractivity contribution in [3.8, 4) is 0 Å². The number of amides is 1. The highest BCUT2D eigenvalue weighted by Crippen LogP contribution is 2.45. The second kappa shape index (κ2) is 6.01. The van der Waals surface area contributed by atoms with E-state index in [1.807, 2.05) is 22.7 Å². The van der Waals surface area contributed by atoms with Crippen LogP contribution in [-0.4, -0.2) is 37.5 Å². The van der Waals surface area contributed by atoms with E-state index in [4.69, 9.17) is 23.2 Å². The molecule has 0 spiro atoms. The summed E-state index contributed by atoms with van der Waals surface area (Å²) in [4.78, 5) is 19.3. The molecule has 0 radical (unpaired) electrons. The number of aliphatic hydroxyl groups is 1. The normalized spacial score (nSPS) is 28.4. The minimum absolute atomic E-state index is 0.00223. The lowest BCUT2D eigenvalue weighted by molar-refractivity contribution is -0.0555. The van der Waals surface area contributed by atoms with Gasteiger partial charge in [-0.05, 0) is 31.0 Å². The van der Waals surface area contributed by atoms with Crippen LogP contribution >= 0.6 is 23.2 Å². The van der Waals surface area contributed by atoms with Crippen LogP contribution in [-0.2, 0) is 12.6 Å². The molecule has 0 unspecified atom stereocenters. The number of piperidine rings is 1. The number of carbonyl (C=O) groups is 1. The molecule has 1 aromatic heterocycles. The lowest BCUT2D eigenvalue weighted by atomic mass is 9.85. The van der Waals surface area contributed by atoms with Crippen molar-refractivity contribution in [2.24, 2.45) is 7.05 Å². The standard InChI is InChI=1S/C18H19Cl2N3O2/c1-22-7-6-21-17(22)18(25)9-12-3-4-13(10-18)23(12)16(24)11-2-5-14(19)15(20)8-11/h2,5-8,12-13,25H,3-4,9-10H2,1H3/t12-,13-/m0/s1. The molecule has 5 nitrogen and oxygen atoms in total. The highest BCUT2D eigenvalue weighted by atomic mass is 35.5. The summed E-state index contributed by atoms with van der Waals surface area (Å²) in [7, 11) is 1.88. The molecule has 0 saturated carbocycles. The van der Waals surface area contributed by atoms with Gasteiger partial charge in [-0.25, -0.2) is 4.98 Å². The number of aryl methyl sites for hydroxylation is 1. The summed E-state index contributed by atoms with van der Waals surface area (Å²) in [6.45, 7) is 0. The number of nitrogens with zero attached hydrogens (tertiary/aromatic N) is 3. The SMILES string of the molecule is Cn1ccnc1C1(O)C[C@@H]2CC[C@@H](C1)N2C(=O)c1ccc(Cl)c(Cl)c1. The molecule has 132 valence electrons. The van der Waals surface area contributed by atoms with Crippen molar-refractivity contribution in [1.82, 2.24) is 14.5 Å². The van der Waals surface area contributed by atoms with Crippen molar-refractivity contribution < 1.29 is 9.90 Å². The highest BCUT2D eigenvalue weighted by molar-refractivity contribution is 6.42. The Balaban J connectivity index is 1.61. The van der Waals surface area contributed by atoms with E-state index in [1.165, 1.54) is 0 Å². The average molecular weight is 380 g/mol. The van der Waals surface area contributed by atoms with Gasteiger partial charge in [0.15, 0.2) is 0 Å². The molecule has 0 aliphatic carbocycles. The van der Waals surface area contributed by atoms with E-state index in [-0.39, 0.29) is 18.0 Å². The lowest BCUT2D eigenvalue weighted by Crippen LogP contribution is -2.52.